The first-order valence-electron chi connectivity index (χ1n) is 6.28. The van der Waals surface area contributed by atoms with E-state index in [0.717, 1.165) is 0 Å². The molecule has 0 heterocycles. The van der Waals surface area contributed by atoms with Gasteiger partial charge in [-0.25, -0.2) is 8.42 Å². The first-order valence-corrected chi connectivity index (χ1v) is 8.59. The lowest BCUT2D eigenvalue weighted by molar-refractivity contribution is 0.0910. The molecule has 1 aromatic rings. The Morgan fingerprint density at radius 2 is 1.80 bits per heavy atom. The molecule has 112 valence electrons. The van der Waals surface area contributed by atoms with E-state index in [1.807, 2.05) is 27.7 Å². The van der Waals surface area contributed by atoms with Gasteiger partial charge in [-0.2, -0.15) is 0 Å². The molecule has 0 fully saturated rings. The lowest BCUT2D eigenvalue weighted by atomic mass is 9.88. The average molecular weight is 318 g/mol. The molecule has 0 aliphatic heterocycles. The van der Waals surface area contributed by atoms with Crippen LogP contribution in [0.2, 0.25) is 0 Å². The molecule has 1 rings (SSSR count). The Labute approximate surface area is 124 Å². The molecule has 0 aliphatic rings. The Morgan fingerprint density at radius 1 is 1.25 bits per heavy atom. The highest BCUT2D eigenvalue weighted by Crippen LogP contribution is 2.21. The van der Waals surface area contributed by atoms with Gasteiger partial charge in [0.25, 0.3) is 15.0 Å². The molecular weight excluding hydrogens is 298 g/mol. The molecule has 0 aliphatic carbocycles. The van der Waals surface area contributed by atoms with E-state index in [9.17, 15) is 13.2 Å². The van der Waals surface area contributed by atoms with Crippen LogP contribution in [0.4, 0.5) is 0 Å². The Morgan fingerprint density at radius 3 is 2.25 bits per heavy atom. The lowest BCUT2D eigenvalue weighted by Crippen LogP contribution is -2.41. The summed E-state index contributed by atoms with van der Waals surface area (Å²) in [4.78, 5) is 12.1. The van der Waals surface area contributed by atoms with E-state index in [4.69, 9.17) is 10.7 Å². The third-order valence-corrected chi connectivity index (χ3v) is 4.57. The van der Waals surface area contributed by atoms with Gasteiger partial charge in [-0.3, -0.25) is 4.79 Å². The van der Waals surface area contributed by atoms with E-state index < -0.39 is 9.05 Å². The van der Waals surface area contributed by atoms with Crippen molar-refractivity contribution in [3.63, 3.8) is 0 Å². The minimum absolute atomic E-state index is 0.0495. The maximum atomic E-state index is 12.2. The summed E-state index contributed by atoms with van der Waals surface area (Å²) < 4.78 is 22.8. The third-order valence-electron chi connectivity index (χ3n) is 3.24. The second-order valence-electron chi connectivity index (χ2n) is 6.03. The summed E-state index contributed by atoms with van der Waals surface area (Å²) in [7, 11) is 1.48. The molecule has 0 aromatic heterocycles. The molecule has 6 heteroatoms. The van der Waals surface area contributed by atoms with Gasteiger partial charge in [0.2, 0.25) is 0 Å². The second-order valence-corrected chi connectivity index (χ2v) is 8.60. The maximum Gasteiger partial charge on any atom is 0.261 e. The maximum absolute atomic E-state index is 12.2. The van der Waals surface area contributed by atoms with Crippen LogP contribution < -0.4 is 5.32 Å². The van der Waals surface area contributed by atoms with Crippen molar-refractivity contribution in [3.8, 4) is 0 Å². The van der Waals surface area contributed by atoms with Crippen molar-refractivity contribution in [1.29, 1.82) is 0 Å². The number of benzene rings is 1. The van der Waals surface area contributed by atoms with Gasteiger partial charge >= 0.3 is 0 Å². The minimum atomic E-state index is -3.85. The normalized spacial score (nSPS) is 13.9. The van der Waals surface area contributed by atoms with Crippen molar-refractivity contribution in [2.45, 2.75) is 45.6 Å². The van der Waals surface area contributed by atoms with Gasteiger partial charge < -0.3 is 5.32 Å². The summed E-state index contributed by atoms with van der Waals surface area (Å²) in [6.07, 6.45) is 0. The zero-order valence-corrected chi connectivity index (χ0v) is 13.9. The van der Waals surface area contributed by atoms with Gasteiger partial charge in [0.15, 0.2) is 0 Å². The largest absolute Gasteiger partial charge is 0.349 e. The van der Waals surface area contributed by atoms with Crippen LogP contribution in [0.5, 0.6) is 0 Å². The number of hydrogen-bond donors (Lipinski definition) is 1. The topological polar surface area (TPSA) is 63.2 Å². The molecule has 0 saturated carbocycles. The molecule has 1 unspecified atom stereocenters. The number of halogens is 1. The molecule has 1 aromatic carbocycles. The average Bonchev–Trinajstić information content (AvgIpc) is 2.25. The number of nitrogens with one attached hydrogen (secondary N) is 1. The summed E-state index contributed by atoms with van der Waals surface area (Å²) in [6, 6.07) is 4.31. The van der Waals surface area contributed by atoms with Gasteiger partial charge in [0.05, 0.1) is 4.90 Å². The van der Waals surface area contributed by atoms with Crippen LogP contribution in [0, 0.1) is 12.3 Å². The van der Waals surface area contributed by atoms with E-state index >= 15 is 0 Å². The Balaban J connectivity index is 3.09. The zero-order valence-electron chi connectivity index (χ0n) is 12.3. The molecule has 1 amide bonds. The molecule has 0 radical (unpaired) electrons. The number of rotatable bonds is 3. The van der Waals surface area contributed by atoms with Crippen molar-refractivity contribution in [2.75, 3.05) is 0 Å². The molecule has 1 N–H and O–H groups in total. The van der Waals surface area contributed by atoms with Gasteiger partial charge in [-0.1, -0.05) is 20.8 Å². The predicted molar refractivity (Wildman–Crippen MR) is 80.6 cm³/mol. The number of hydrogen-bond acceptors (Lipinski definition) is 3. The summed E-state index contributed by atoms with van der Waals surface area (Å²) in [6.45, 7) is 9.68. The van der Waals surface area contributed by atoms with E-state index in [0.29, 0.717) is 11.1 Å². The highest BCUT2D eigenvalue weighted by Gasteiger charge is 2.23. The second kappa shape index (κ2) is 5.74. The van der Waals surface area contributed by atoms with Crippen LogP contribution in [0.15, 0.2) is 23.1 Å². The van der Waals surface area contributed by atoms with Crippen LogP contribution >= 0.6 is 10.7 Å². The van der Waals surface area contributed by atoms with Crippen molar-refractivity contribution in [2.24, 2.45) is 5.41 Å². The summed E-state index contributed by atoms with van der Waals surface area (Å²) in [5, 5.41) is 2.87. The Kier molecular flexibility index (Phi) is 4.87. The molecule has 0 saturated heterocycles. The minimum Gasteiger partial charge on any atom is -0.349 e. The lowest BCUT2D eigenvalue weighted by Gasteiger charge is -2.28. The van der Waals surface area contributed by atoms with Crippen molar-refractivity contribution in [1.82, 2.24) is 5.32 Å². The van der Waals surface area contributed by atoms with Gasteiger partial charge in [0.1, 0.15) is 0 Å². The van der Waals surface area contributed by atoms with E-state index in [-0.39, 0.29) is 22.3 Å². The smallest absolute Gasteiger partial charge is 0.261 e. The molecular formula is C14H20ClNO3S. The van der Waals surface area contributed by atoms with E-state index in [1.54, 1.807) is 13.0 Å². The summed E-state index contributed by atoms with van der Waals surface area (Å²) in [5.41, 5.74) is 0.876. The first-order chi connectivity index (χ1) is 8.91. The van der Waals surface area contributed by atoms with Crippen LogP contribution in [0.25, 0.3) is 0 Å². The number of amides is 1. The standard InChI is InChI=1S/C14H20ClNO3S/c1-9-6-11(8-12(7-9)20(15,18)19)13(17)16-10(2)14(3,4)5/h6-8,10H,1-5H3,(H,16,17). The highest BCUT2D eigenvalue weighted by molar-refractivity contribution is 8.13. The molecule has 0 spiro atoms. The molecule has 0 bridgehead atoms. The van der Waals surface area contributed by atoms with Crippen LogP contribution in [0.3, 0.4) is 0 Å². The summed E-state index contributed by atoms with van der Waals surface area (Å²) in [5.74, 6) is -0.308. The summed E-state index contributed by atoms with van der Waals surface area (Å²) >= 11 is 0. The van der Waals surface area contributed by atoms with Crippen LogP contribution in [-0.2, 0) is 9.05 Å². The highest BCUT2D eigenvalue weighted by atomic mass is 35.7. The zero-order chi connectivity index (χ0) is 15.7. The monoisotopic (exact) mass is 317 g/mol. The van der Waals surface area contributed by atoms with E-state index in [2.05, 4.69) is 5.32 Å². The fourth-order valence-electron chi connectivity index (χ4n) is 1.52. The quantitative estimate of drug-likeness (QED) is 0.871. The van der Waals surface area contributed by atoms with Crippen LogP contribution in [0.1, 0.15) is 43.6 Å². The van der Waals surface area contributed by atoms with Gasteiger partial charge in [-0.15, -0.1) is 0 Å². The Hall–Kier alpha value is -1.07. The molecule has 20 heavy (non-hydrogen) atoms. The molecule has 1 atom stereocenters. The van der Waals surface area contributed by atoms with E-state index in [1.165, 1.54) is 12.1 Å². The first kappa shape index (κ1) is 17.0. The van der Waals surface area contributed by atoms with Gasteiger partial charge in [0, 0.05) is 22.3 Å². The number of carbonyl (C=O) groups is 1. The fourth-order valence-corrected chi connectivity index (χ4v) is 2.38. The SMILES string of the molecule is Cc1cc(C(=O)NC(C)C(C)(C)C)cc(S(=O)(=O)Cl)c1. The third kappa shape index (κ3) is 4.49. The predicted octanol–water partition coefficient (Wildman–Crippen LogP) is 3.09. The van der Waals surface area contributed by atoms with Crippen molar-refractivity contribution >= 4 is 25.6 Å². The molecule has 4 nitrogen and oxygen atoms in total. The number of carbonyl (C=O) groups excluding carboxylic acids is 1. The van der Waals surface area contributed by atoms with Crippen molar-refractivity contribution < 1.29 is 13.2 Å². The van der Waals surface area contributed by atoms with Crippen molar-refractivity contribution in [3.05, 3.63) is 29.3 Å². The fraction of sp³-hybridized carbons (Fsp3) is 0.500. The Bertz CT molecular complexity index is 618. The van der Waals surface area contributed by atoms with Gasteiger partial charge in [-0.05, 0) is 43.0 Å². The van der Waals surface area contributed by atoms with Crippen LogP contribution in [-0.4, -0.2) is 20.4 Å². The number of aryl methyl sites for hydroxylation is 1.